The summed E-state index contributed by atoms with van der Waals surface area (Å²) in [7, 11) is 0. The standard InChI is InChI=1S/C11H18N2O3/c1-2-3-9(11(15)16)13-10(14)7-12-6-8-4-5-8/h2,8-9,12H,1,3-7H2,(H,13,14)(H,15,16). The molecule has 0 aliphatic heterocycles. The van der Waals surface area contributed by atoms with E-state index < -0.39 is 12.0 Å². The molecule has 1 unspecified atom stereocenters. The van der Waals surface area contributed by atoms with E-state index in [1.54, 1.807) is 0 Å². The highest BCUT2D eigenvalue weighted by Crippen LogP contribution is 2.27. The molecule has 5 nitrogen and oxygen atoms in total. The molecule has 16 heavy (non-hydrogen) atoms. The van der Waals surface area contributed by atoms with E-state index in [0.29, 0.717) is 5.92 Å². The number of aliphatic carboxylic acids is 1. The Balaban J connectivity index is 2.18. The van der Waals surface area contributed by atoms with Crippen LogP contribution in [0.5, 0.6) is 0 Å². The van der Waals surface area contributed by atoms with Gasteiger partial charge in [0.15, 0.2) is 0 Å². The van der Waals surface area contributed by atoms with Gasteiger partial charge in [0, 0.05) is 0 Å². The maximum atomic E-state index is 11.4. The van der Waals surface area contributed by atoms with Crippen molar-refractivity contribution in [3.63, 3.8) is 0 Å². The van der Waals surface area contributed by atoms with Crippen LogP contribution in [0.4, 0.5) is 0 Å². The fourth-order valence-corrected chi connectivity index (χ4v) is 1.35. The number of rotatable bonds is 8. The van der Waals surface area contributed by atoms with Gasteiger partial charge in [-0.2, -0.15) is 0 Å². The van der Waals surface area contributed by atoms with Crippen LogP contribution in [0, 0.1) is 5.92 Å². The highest BCUT2D eigenvalue weighted by atomic mass is 16.4. The minimum atomic E-state index is -1.03. The molecule has 0 aromatic carbocycles. The molecule has 1 rings (SSSR count). The third-order valence-corrected chi connectivity index (χ3v) is 2.45. The third kappa shape index (κ3) is 4.93. The summed E-state index contributed by atoms with van der Waals surface area (Å²) in [5.74, 6) is -0.610. The van der Waals surface area contributed by atoms with E-state index in [9.17, 15) is 9.59 Å². The van der Waals surface area contributed by atoms with Crippen molar-refractivity contribution in [2.75, 3.05) is 13.1 Å². The van der Waals surface area contributed by atoms with Crippen LogP contribution in [0.3, 0.4) is 0 Å². The van der Waals surface area contributed by atoms with Crippen LogP contribution in [-0.2, 0) is 9.59 Å². The predicted molar refractivity (Wildman–Crippen MR) is 60.0 cm³/mol. The van der Waals surface area contributed by atoms with Gasteiger partial charge in [0.25, 0.3) is 0 Å². The van der Waals surface area contributed by atoms with E-state index >= 15 is 0 Å². The summed E-state index contributed by atoms with van der Waals surface area (Å²) < 4.78 is 0. The quantitative estimate of drug-likeness (QED) is 0.514. The van der Waals surface area contributed by atoms with Crippen molar-refractivity contribution >= 4 is 11.9 Å². The Bertz CT molecular complexity index is 274. The van der Waals surface area contributed by atoms with E-state index in [2.05, 4.69) is 17.2 Å². The van der Waals surface area contributed by atoms with Gasteiger partial charge in [-0.3, -0.25) is 4.79 Å². The van der Waals surface area contributed by atoms with Crippen LogP contribution in [0.2, 0.25) is 0 Å². The molecular weight excluding hydrogens is 208 g/mol. The molecule has 0 aromatic heterocycles. The molecule has 5 heteroatoms. The number of hydrogen-bond donors (Lipinski definition) is 3. The van der Waals surface area contributed by atoms with Crippen LogP contribution >= 0.6 is 0 Å². The molecule has 1 atom stereocenters. The van der Waals surface area contributed by atoms with Crippen molar-refractivity contribution in [2.45, 2.75) is 25.3 Å². The van der Waals surface area contributed by atoms with Crippen LogP contribution < -0.4 is 10.6 Å². The largest absolute Gasteiger partial charge is 0.480 e. The summed E-state index contributed by atoms with van der Waals surface area (Å²) in [6, 6.07) is -0.868. The van der Waals surface area contributed by atoms with Crippen LogP contribution in [0.15, 0.2) is 12.7 Å². The number of carbonyl (C=O) groups excluding carboxylic acids is 1. The minimum absolute atomic E-state index is 0.178. The predicted octanol–water partition coefficient (Wildman–Crippen LogP) is 0.132. The summed E-state index contributed by atoms with van der Waals surface area (Å²) in [4.78, 5) is 22.1. The Kier molecular flexibility index (Phi) is 4.98. The van der Waals surface area contributed by atoms with Gasteiger partial charge >= 0.3 is 5.97 Å². The Hall–Kier alpha value is -1.36. The maximum absolute atomic E-state index is 11.4. The normalized spacial score (nSPS) is 16.5. The molecule has 0 aromatic rings. The molecule has 0 saturated heterocycles. The van der Waals surface area contributed by atoms with Crippen LogP contribution in [0.25, 0.3) is 0 Å². The number of amides is 1. The average Bonchev–Trinajstić information content (AvgIpc) is 3.01. The summed E-state index contributed by atoms with van der Waals surface area (Å²) >= 11 is 0. The van der Waals surface area contributed by atoms with E-state index in [-0.39, 0.29) is 18.9 Å². The van der Waals surface area contributed by atoms with Crippen molar-refractivity contribution in [3.05, 3.63) is 12.7 Å². The Morgan fingerprint density at radius 3 is 2.69 bits per heavy atom. The highest BCUT2D eigenvalue weighted by Gasteiger charge is 2.21. The highest BCUT2D eigenvalue weighted by molar-refractivity contribution is 5.84. The summed E-state index contributed by atoms with van der Waals surface area (Å²) in [6.07, 6.45) is 4.17. The van der Waals surface area contributed by atoms with Gasteiger partial charge in [0.1, 0.15) is 6.04 Å². The molecule has 3 N–H and O–H groups in total. The second-order valence-electron chi connectivity index (χ2n) is 4.06. The zero-order valence-electron chi connectivity index (χ0n) is 9.24. The zero-order valence-corrected chi connectivity index (χ0v) is 9.24. The zero-order chi connectivity index (χ0) is 12.0. The molecule has 0 spiro atoms. The lowest BCUT2D eigenvalue weighted by Gasteiger charge is -2.12. The number of carbonyl (C=O) groups is 2. The molecule has 1 saturated carbocycles. The van der Waals surface area contributed by atoms with Crippen molar-refractivity contribution in [2.24, 2.45) is 5.92 Å². The first-order chi connectivity index (χ1) is 7.63. The Morgan fingerprint density at radius 1 is 1.50 bits per heavy atom. The van der Waals surface area contributed by atoms with E-state index in [0.717, 1.165) is 6.54 Å². The van der Waals surface area contributed by atoms with Gasteiger partial charge in [-0.25, -0.2) is 4.79 Å². The molecule has 1 aliphatic rings. The Labute approximate surface area is 94.9 Å². The molecule has 1 fully saturated rings. The maximum Gasteiger partial charge on any atom is 0.326 e. The van der Waals surface area contributed by atoms with E-state index in [1.165, 1.54) is 18.9 Å². The van der Waals surface area contributed by atoms with Gasteiger partial charge in [-0.05, 0) is 31.7 Å². The smallest absolute Gasteiger partial charge is 0.326 e. The van der Waals surface area contributed by atoms with Crippen LogP contribution in [-0.4, -0.2) is 36.1 Å². The number of carboxylic acids is 1. The summed E-state index contributed by atoms with van der Waals surface area (Å²) in [5.41, 5.74) is 0. The van der Waals surface area contributed by atoms with Crippen LogP contribution in [0.1, 0.15) is 19.3 Å². The monoisotopic (exact) mass is 226 g/mol. The summed E-state index contributed by atoms with van der Waals surface area (Å²) in [5, 5.41) is 14.2. The molecule has 0 radical (unpaired) electrons. The van der Waals surface area contributed by atoms with Crippen molar-refractivity contribution in [1.29, 1.82) is 0 Å². The first-order valence-electron chi connectivity index (χ1n) is 5.47. The van der Waals surface area contributed by atoms with Gasteiger partial charge < -0.3 is 15.7 Å². The van der Waals surface area contributed by atoms with E-state index in [4.69, 9.17) is 5.11 Å². The molecule has 0 heterocycles. The van der Waals surface area contributed by atoms with E-state index in [1.807, 2.05) is 0 Å². The van der Waals surface area contributed by atoms with Gasteiger partial charge in [0.05, 0.1) is 6.54 Å². The van der Waals surface area contributed by atoms with Gasteiger partial charge in [-0.15, -0.1) is 6.58 Å². The van der Waals surface area contributed by atoms with Crippen molar-refractivity contribution < 1.29 is 14.7 Å². The Morgan fingerprint density at radius 2 is 2.19 bits per heavy atom. The number of hydrogen-bond acceptors (Lipinski definition) is 3. The second-order valence-corrected chi connectivity index (χ2v) is 4.06. The third-order valence-electron chi connectivity index (χ3n) is 2.45. The number of nitrogens with one attached hydrogen (secondary N) is 2. The fourth-order valence-electron chi connectivity index (χ4n) is 1.35. The SMILES string of the molecule is C=CCC(NC(=O)CNCC1CC1)C(=O)O. The first-order valence-corrected chi connectivity index (χ1v) is 5.47. The first kappa shape index (κ1) is 12.7. The lowest BCUT2D eigenvalue weighted by molar-refractivity contribution is -0.141. The lowest BCUT2D eigenvalue weighted by Crippen LogP contribution is -2.44. The molecule has 90 valence electrons. The average molecular weight is 226 g/mol. The van der Waals surface area contributed by atoms with Gasteiger partial charge in [-0.1, -0.05) is 6.08 Å². The molecular formula is C11H18N2O3. The van der Waals surface area contributed by atoms with Crippen molar-refractivity contribution in [3.8, 4) is 0 Å². The number of carboxylic acid groups (broad SMARTS) is 1. The minimum Gasteiger partial charge on any atom is -0.480 e. The lowest BCUT2D eigenvalue weighted by atomic mass is 10.2. The molecule has 1 amide bonds. The second kappa shape index (κ2) is 6.27. The fraction of sp³-hybridized carbons (Fsp3) is 0.636. The molecule has 0 bridgehead atoms. The van der Waals surface area contributed by atoms with Crippen molar-refractivity contribution in [1.82, 2.24) is 10.6 Å². The van der Waals surface area contributed by atoms with Gasteiger partial charge in [0.2, 0.25) is 5.91 Å². The molecule has 1 aliphatic carbocycles. The topological polar surface area (TPSA) is 78.4 Å². The summed E-state index contributed by atoms with van der Waals surface area (Å²) in [6.45, 7) is 4.47.